The van der Waals surface area contributed by atoms with E-state index in [4.69, 9.17) is 4.42 Å². The number of benzene rings is 1. The SMILES string of the molecule is CC(C)(C)Cc1ccnc(-c2ccc3c(c2)oc2ncccc23)c1. The Hall–Kier alpha value is -2.68. The van der Waals surface area contributed by atoms with Crippen LogP contribution < -0.4 is 0 Å². The summed E-state index contributed by atoms with van der Waals surface area (Å²) in [4.78, 5) is 8.84. The molecule has 1 aromatic carbocycles. The maximum absolute atomic E-state index is 5.89. The maximum atomic E-state index is 5.89. The van der Waals surface area contributed by atoms with Gasteiger partial charge in [-0.25, -0.2) is 4.98 Å². The van der Waals surface area contributed by atoms with Crippen LogP contribution in [0, 0.1) is 5.41 Å². The minimum atomic E-state index is 0.257. The van der Waals surface area contributed by atoms with Crippen molar-refractivity contribution >= 4 is 22.1 Å². The average Bonchev–Trinajstić information content (AvgIpc) is 2.91. The van der Waals surface area contributed by atoms with E-state index in [2.05, 4.69) is 61.1 Å². The molecule has 3 heterocycles. The van der Waals surface area contributed by atoms with Crippen molar-refractivity contribution in [2.24, 2.45) is 5.41 Å². The van der Waals surface area contributed by atoms with Crippen LogP contribution in [-0.2, 0) is 6.42 Å². The molecule has 0 N–H and O–H groups in total. The van der Waals surface area contributed by atoms with Gasteiger partial charge in [-0.2, -0.15) is 0 Å². The highest BCUT2D eigenvalue weighted by Gasteiger charge is 2.13. The summed E-state index contributed by atoms with van der Waals surface area (Å²) in [6.07, 6.45) is 4.67. The molecule has 0 saturated carbocycles. The van der Waals surface area contributed by atoms with Gasteiger partial charge in [0, 0.05) is 28.7 Å². The Morgan fingerprint density at radius 1 is 0.917 bits per heavy atom. The van der Waals surface area contributed by atoms with Gasteiger partial charge >= 0.3 is 0 Å². The zero-order chi connectivity index (χ0) is 16.7. The predicted octanol–water partition coefficient (Wildman–Crippen LogP) is 5.63. The predicted molar refractivity (Wildman–Crippen MR) is 97.9 cm³/mol. The van der Waals surface area contributed by atoms with Gasteiger partial charge in [0.1, 0.15) is 5.58 Å². The molecule has 0 spiro atoms. The minimum Gasteiger partial charge on any atom is -0.438 e. The first-order valence-electron chi connectivity index (χ1n) is 8.22. The van der Waals surface area contributed by atoms with E-state index in [-0.39, 0.29) is 5.41 Å². The lowest BCUT2D eigenvalue weighted by Crippen LogP contribution is -2.09. The molecule has 3 aromatic heterocycles. The molecule has 120 valence electrons. The molecule has 0 aliphatic carbocycles. The lowest BCUT2D eigenvalue weighted by Gasteiger charge is -2.18. The van der Waals surface area contributed by atoms with E-state index >= 15 is 0 Å². The molecular weight excluding hydrogens is 296 g/mol. The number of furan rings is 1. The van der Waals surface area contributed by atoms with Gasteiger partial charge in [-0.05, 0) is 53.8 Å². The van der Waals surface area contributed by atoms with Crippen molar-refractivity contribution in [1.29, 1.82) is 0 Å². The average molecular weight is 316 g/mol. The first kappa shape index (κ1) is 14.9. The maximum Gasteiger partial charge on any atom is 0.227 e. The van der Waals surface area contributed by atoms with Gasteiger partial charge in [0.25, 0.3) is 0 Å². The van der Waals surface area contributed by atoms with E-state index < -0.39 is 0 Å². The largest absolute Gasteiger partial charge is 0.438 e. The number of rotatable bonds is 2. The standard InChI is InChI=1S/C21H20N2O/c1-21(2,3)13-14-8-10-22-18(11-14)15-6-7-16-17-5-4-9-23-20(17)24-19(16)12-15/h4-12H,13H2,1-3H3. The van der Waals surface area contributed by atoms with Crippen molar-refractivity contribution in [2.75, 3.05) is 0 Å². The molecule has 0 aliphatic rings. The topological polar surface area (TPSA) is 38.9 Å². The minimum absolute atomic E-state index is 0.257. The number of fused-ring (bicyclic) bond motifs is 3. The second kappa shape index (κ2) is 5.45. The van der Waals surface area contributed by atoms with Crippen molar-refractivity contribution in [1.82, 2.24) is 9.97 Å². The lowest BCUT2D eigenvalue weighted by atomic mass is 9.88. The monoisotopic (exact) mass is 316 g/mol. The van der Waals surface area contributed by atoms with Crippen molar-refractivity contribution in [3.8, 4) is 11.3 Å². The Labute approximate surface area is 141 Å². The number of hydrogen-bond acceptors (Lipinski definition) is 3. The molecule has 0 bridgehead atoms. The Morgan fingerprint density at radius 2 is 1.79 bits per heavy atom. The van der Waals surface area contributed by atoms with E-state index in [9.17, 15) is 0 Å². The Kier molecular flexibility index (Phi) is 3.38. The third-order valence-corrected chi connectivity index (χ3v) is 4.10. The summed E-state index contributed by atoms with van der Waals surface area (Å²) in [5.41, 5.74) is 5.14. The molecule has 3 nitrogen and oxygen atoms in total. The summed E-state index contributed by atoms with van der Waals surface area (Å²) in [6.45, 7) is 6.75. The highest BCUT2D eigenvalue weighted by molar-refractivity contribution is 6.04. The number of nitrogens with zero attached hydrogens (tertiary/aromatic N) is 2. The molecule has 0 unspecified atom stereocenters. The quantitative estimate of drug-likeness (QED) is 0.481. The molecule has 4 aromatic rings. The molecule has 0 saturated heterocycles. The molecule has 0 radical (unpaired) electrons. The van der Waals surface area contributed by atoms with Crippen molar-refractivity contribution in [3.63, 3.8) is 0 Å². The number of hydrogen-bond donors (Lipinski definition) is 0. The molecule has 3 heteroatoms. The van der Waals surface area contributed by atoms with Gasteiger partial charge in [0.15, 0.2) is 0 Å². The lowest BCUT2D eigenvalue weighted by molar-refractivity contribution is 0.411. The zero-order valence-corrected chi connectivity index (χ0v) is 14.2. The molecule has 0 amide bonds. The first-order chi connectivity index (χ1) is 11.5. The molecule has 0 fully saturated rings. The van der Waals surface area contributed by atoms with Crippen LogP contribution in [0.25, 0.3) is 33.3 Å². The van der Waals surface area contributed by atoms with Gasteiger partial charge in [0.05, 0.1) is 5.69 Å². The van der Waals surface area contributed by atoms with E-state index in [1.807, 2.05) is 18.3 Å². The van der Waals surface area contributed by atoms with Crippen LogP contribution in [0.2, 0.25) is 0 Å². The fourth-order valence-electron chi connectivity index (χ4n) is 3.12. The van der Waals surface area contributed by atoms with Crippen LogP contribution in [0.15, 0.2) is 59.3 Å². The Bertz CT molecular complexity index is 1020. The van der Waals surface area contributed by atoms with Gasteiger partial charge in [-0.1, -0.05) is 26.8 Å². The van der Waals surface area contributed by atoms with Crippen LogP contribution in [0.1, 0.15) is 26.3 Å². The summed E-state index contributed by atoms with van der Waals surface area (Å²) < 4.78 is 5.89. The second-order valence-electron chi connectivity index (χ2n) is 7.46. The van der Waals surface area contributed by atoms with Gasteiger partial charge in [-0.3, -0.25) is 4.98 Å². The highest BCUT2D eigenvalue weighted by Crippen LogP contribution is 2.31. The van der Waals surface area contributed by atoms with Crippen molar-refractivity contribution in [3.05, 3.63) is 60.4 Å². The smallest absolute Gasteiger partial charge is 0.227 e. The normalized spacial score (nSPS) is 12.1. The van der Waals surface area contributed by atoms with E-state index in [1.165, 1.54) is 5.56 Å². The van der Waals surface area contributed by atoms with Crippen LogP contribution in [0.4, 0.5) is 0 Å². The summed E-state index contributed by atoms with van der Waals surface area (Å²) in [5.74, 6) is 0. The second-order valence-corrected chi connectivity index (χ2v) is 7.46. The molecule has 24 heavy (non-hydrogen) atoms. The molecule has 4 rings (SSSR count). The van der Waals surface area contributed by atoms with Crippen LogP contribution in [-0.4, -0.2) is 9.97 Å². The first-order valence-corrected chi connectivity index (χ1v) is 8.22. The van der Waals surface area contributed by atoms with Crippen molar-refractivity contribution in [2.45, 2.75) is 27.2 Å². The number of aromatic nitrogens is 2. The third kappa shape index (κ3) is 2.78. The van der Waals surface area contributed by atoms with Gasteiger partial charge in [-0.15, -0.1) is 0 Å². The molecule has 0 atom stereocenters. The van der Waals surface area contributed by atoms with Crippen LogP contribution >= 0.6 is 0 Å². The molecule has 0 aliphatic heterocycles. The third-order valence-electron chi connectivity index (χ3n) is 4.10. The highest BCUT2D eigenvalue weighted by atomic mass is 16.3. The summed E-state index contributed by atoms with van der Waals surface area (Å²) in [5, 5.41) is 2.14. The van der Waals surface area contributed by atoms with Crippen LogP contribution in [0.5, 0.6) is 0 Å². The Morgan fingerprint density at radius 3 is 2.62 bits per heavy atom. The molecular formula is C21H20N2O. The number of pyridine rings is 2. The Balaban J connectivity index is 1.79. The summed E-state index contributed by atoms with van der Waals surface area (Å²) in [6, 6.07) is 14.5. The van der Waals surface area contributed by atoms with Crippen LogP contribution in [0.3, 0.4) is 0 Å². The van der Waals surface area contributed by atoms with E-state index in [1.54, 1.807) is 6.20 Å². The van der Waals surface area contributed by atoms with Gasteiger partial charge < -0.3 is 4.42 Å². The summed E-state index contributed by atoms with van der Waals surface area (Å²) in [7, 11) is 0. The van der Waals surface area contributed by atoms with E-state index in [0.717, 1.165) is 34.0 Å². The fourth-order valence-corrected chi connectivity index (χ4v) is 3.12. The van der Waals surface area contributed by atoms with E-state index in [0.29, 0.717) is 5.71 Å². The summed E-state index contributed by atoms with van der Waals surface area (Å²) >= 11 is 0. The van der Waals surface area contributed by atoms with Crippen molar-refractivity contribution < 1.29 is 4.42 Å². The zero-order valence-electron chi connectivity index (χ0n) is 14.2. The van der Waals surface area contributed by atoms with Gasteiger partial charge in [0.2, 0.25) is 5.71 Å². The fraction of sp³-hybridized carbons (Fsp3) is 0.238.